The lowest BCUT2D eigenvalue weighted by atomic mass is 10.1. The molecule has 1 aliphatic rings. The number of carbonyl (C=O) groups excluding carboxylic acids is 1. The zero-order chi connectivity index (χ0) is 20.9. The molecular weight excluding hydrogens is 374 g/mol. The average Bonchev–Trinajstić information content (AvgIpc) is 2.78. The summed E-state index contributed by atoms with van der Waals surface area (Å²) in [5.74, 6) is 1.65. The predicted molar refractivity (Wildman–Crippen MR) is 121 cm³/mol. The van der Waals surface area contributed by atoms with Crippen molar-refractivity contribution in [3.05, 3.63) is 66.4 Å². The second kappa shape index (κ2) is 8.86. The topological polar surface area (TPSA) is 79.3 Å². The number of benzene rings is 2. The number of rotatable bonds is 6. The van der Waals surface area contributed by atoms with Crippen molar-refractivity contribution >= 4 is 28.3 Å². The molecule has 0 saturated heterocycles. The summed E-state index contributed by atoms with van der Waals surface area (Å²) >= 11 is 0. The largest absolute Gasteiger partial charge is 0.350 e. The number of aliphatic imine (C=N–C) groups is 1. The molecule has 0 aliphatic carbocycles. The summed E-state index contributed by atoms with van der Waals surface area (Å²) in [5.41, 5.74) is 3.20. The van der Waals surface area contributed by atoms with Crippen LogP contribution in [0.4, 0.5) is 5.82 Å². The molecule has 3 aromatic rings. The Morgan fingerprint density at radius 1 is 1.03 bits per heavy atom. The van der Waals surface area contributed by atoms with E-state index in [-0.39, 0.29) is 5.91 Å². The van der Waals surface area contributed by atoms with Gasteiger partial charge >= 0.3 is 0 Å². The third-order valence-electron chi connectivity index (χ3n) is 4.79. The number of amides is 1. The Kier molecular flexibility index (Phi) is 5.84. The maximum Gasteiger partial charge on any atom is 0.269 e. The first-order valence-electron chi connectivity index (χ1n) is 10.2. The summed E-state index contributed by atoms with van der Waals surface area (Å²) in [5, 5.41) is 7.30. The smallest absolute Gasteiger partial charge is 0.269 e. The first-order valence-corrected chi connectivity index (χ1v) is 10.2. The van der Waals surface area contributed by atoms with Gasteiger partial charge in [-0.25, -0.2) is 9.97 Å². The summed E-state index contributed by atoms with van der Waals surface area (Å²) in [6, 6.07) is 17.8. The van der Waals surface area contributed by atoms with Gasteiger partial charge in [0.2, 0.25) is 0 Å². The second-order valence-electron chi connectivity index (χ2n) is 7.69. The molecule has 1 aliphatic heterocycles. The van der Waals surface area contributed by atoms with E-state index in [4.69, 9.17) is 9.97 Å². The maximum atomic E-state index is 12.4. The maximum absolute atomic E-state index is 12.4. The Labute approximate surface area is 176 Å². The monoisotopic (exact) mass is 399 g/mol. The van der Waals surface area contributed by atoms with Crippen molar-refractivity contribution in [3.8, 4) is 11.4 Å². The van der Waals surface area contributed by atoms with Crippen LogP contribution in [-0.4, -0.2) is 34.7 Å². The lowest BCUT2D eigenvalue weighted by Gasteiger charge is -2.17. The van der Waals surface area contributed by atoms with Crippen LogP contribution in [0, 0.1) is 5.92 Å². The van der Waals surface area contributed by atoms with Gasteiger partial charge in [-0.05, 0) is 24.1 Å². The van der Waals surface area contributed by atoms with Crippen LogP contribution >= 0.6 is 0 Å². The highest BCUT2D eigenvalue weighted by Crippen LogP contribution is 2.26. The number of para-hydroxylation sites is 1. The van der Waals surface area contributed by atoms with Crippen molar-refractivity contribution < 1.29 is 4.79 Å². The van der Waals surface area contributed by atoms with Gasteiger partial charge < -0.3 is 10.6 Å². The van der Waals surface area contributed by atoms with E-state index < -0.39 is 0 Å². The first-order chi connectivity index (χ1) is 14.6. The molecule has 2 N–H and O–H groups in total. The molecule has 0 spiro atoms. The Morgan fingerprint density at radius 3 is 2.60 bits per heavy atom. The van der Waals surface area contributed by atoms with Gasteiger partial charge in [0.15, 0.2) is 5.82 Å². The van der Waals surface area contributed by atoms with Crippen molar-refractivity contribution in [2.75, 3.05) is 18.4 Å². The minimum atomic E-state index is -0.139. The number of nitrogens with one attached hydrogen (secondary N) is 2. The van der Waals surface area contributed by atoms with Gasteiger partial charge in [-0.1, -0.05) is 56.3 Å². The molecule has 0 bridgehead atoms. The third kappa shape index (κ3) is 4.54. The Bertz CT molecular complexity index is 1120. The molecule has 0 radical (unpaired) electrons. The average molecular weight is 399 g/mol. The van der Waals surface area contributed by atoms with E-state index in [0.717, 1.165) is 34.4 Å². The van der Waals surface area contributed by atoms with Crippen molar-refractivity contribution in [3.63, 3.8) is 0 Å². The standard InChI is InChI=1S/C24H25N5O/c1-16(2)15-26-24(30)21-14-18(12-13-25-21)27-23-19-10-6-7-11-20(19)28-22(29-23)17-8-4-3-5-9-17/h3-11,14,16H,12-13,15H2,1-2H3,(H,26,30)(H,27,28,29). The molecular formula is C24H25N5O. The highest BCUT2D eigenvalue weighted by Gasteiger charge is 2.16. The highest BCUT2D eigenvalue weighted by atomic mass is 16.1. The van der Waals surface area contributed by atoms with Crippen LogP contribution in [0.2, 0.25) is 0 Å². The molecule has 0 unspecified atom stereocenters. The number of dihydropyridines is 1. The number of nitrogens with zero attached hydrogens (tertiary/aromatic N) is 3. The van der Waals surface area contributed by atoms with Gasteiger partial charge in [-0.15, -0.1) is 0 Å². The molecule has 1 amide bonds. The van der Waals surface area contributed by atoms with Gasteiger partial charge in [-0.2, -0.15) is 0 Å². The number of carbonyl (C=O) groups is 1. The summed E-state index contributed by atoms with van der Waals surface area (Å²) in [6.07, 6.45) is 2.54. The van der Waals surface area contributed by atoms with E-state index in [2.05, 4.69) is 29.5 Å². The zero-order valence-electron chi connectivity index (χ0n) is 17.2. The molecule has 30 heavy (non-hydrogen) atoms. The van der Waals surface area contributed by atoms with Crippen LogP contribution in [0.1, 0.15) is 20.3 Å². The summed E-state index contributed by atoms with van der Waals surface area (Å²) in [4.78, 5) is 26.3. The van der Waals surface area contributed by atoms with Crippen LogP contribution in [0.15, 0.2) is 71.4 Å². The Morgan fingerprint density at radius 2 is 1.80 bits per heavy atom. The fraction of sp³-hybridized carbons (Fsp3) is 0.250. The van der Waals surface area contributed by atoms with E-state index in [9.17, 15) is 4.79 Å². The lowest BCUT2D eigenvalue weighted by molar-refractivity contribution is -0.114. The van der Waals surface area contributed by atoms with Gasteiger partial charge in [0, 0.05) is 36.2 Å². The van der Waals surface area contributed by atoms with Gasteiger partial charge in [-0.3, -0.25) is 9.79 Å². The molecule has 6 heteroatoms. The van der Waals surface area contributed by atoms with Crippen LogP contribution in [0.3, 0.4) is 0 Å². The normalized spacial score (nSPS) is 13.7. The summed E-state index contributed by atoms with van der Waals surface area (Å²) < 4.78 is 0. The molecule has 2 heterocycles. The molecule has 1 aromatic heterocycles. The van der Waals surface area contributed by atoms with Crippen LogP contribution in [-0.2, 0) is 4.79 Å². The molecule has 6 nitrogen and oxygen atoms in total. The molecule has 4 rings (SSSR count). The quantitative estimate of drug-likeness (QED) is 0.651. The molecule has 2 aromatic carbocycles. The van der Waals surface area contributed by atoms with Crippen molar-refractivity contribution in [1.29, 1.82) is 0 Å². The molecule has 152 valence electrons. The third-order valence-corrected chi connectivity index (χ3v) is 4.79. The summed E-state index contributed by atoms with van der Waals surface area (Å²) in [6.45, 7) is 5.33. The van der Waals surface area contributed by atoms with Gasteiger partial charge in [0.05, 0.1) is 5.52 Å². The Hall–Kier alpha value is -3.54. The van der Waals surface area contributed by atoms with Crippen LogP contribution < -0.4 is 10.6 Å². The van der Waals surface area contributed by atoms with Gasteiger partial charge in [0.1, 0.15) is 11.5 Å². The van der Waals surface area contributed by atoms with Crippen molar-refractivity contribution in [2.24, 2.45) is 10.9 Å². The van der Waals surface area contributed by atoms with Crippen molar-refractivity contribution in [1.82, 2.24) is 15.3 Å². The van der Waals surface area contributed by atoms with E-state index in [1.165, 1.54) is 0 Å². The minimum Gasteiger partial charge on any atom is -0.350 e. The highest BCUT2D eigenvalue weighted by molar-refractivity contribution is 6.43. The number of anilines is 1. The van der Waals surface area contributed by atoms with Crippen LogP contribution in [0.25, 0.3) is 22.3 Å². The van der Waals surface area contributed by atoms with Crippen molar-refractivity contribution in [2.45, 2.75) is 20.3 Å². The number of aromatic nitrogens is 2. The predicted octanol–water partition coefficient (Wildman–Crippen LogP) is 4.21. The lowest BCUT2D eigenvalue weighted by Crippen LogP contribution is -2.34. The van der Waals surface area contributed by atoms with E-state index in [0.29, 0.717) is 30.5 Å². The van der Waals surface area contributed by atoms with E-state index >= 15 is 0 Å². The fourth-order valence-electron chi connectivity index (χ4n) is 3.24. The number of fused-ring (bicyclic) bond motifs is 1. The minimum absolute atomic E-state index is 0.139. The fourth-order valence-corrected chi connectivity index (χ4v) is 3.24. The van der Waals surface area contributed by atoms with Gasteiger partial charge in [0.25, 0.3) is 5.91 Å². The second-order valence-corrected chi connectivity index (χ2v) is 7.69. The van der Waals surface area contributed by atoms with Crippen LogP contribution in [0.5, 0.6) is 0 Å². The summed E-state index contributed by atoms with van der Waals surface area (Å²) in [7, 11) is 0. The Balaban J connectivity index is 1.65. The molecule has 0 fully saturated rings. The van der Waals surface area contributed by atoms with E-state index in [1.54, 1.807) is 0 Å². The molecule has 0 atom stereocenters. The number of hydrogen-bond donors (Lipinski definition) is 2. The number of hydrogen-bond acceptors (Lipinski definition) is 5. The van der Waals surface area contributed by atoms with E-state index in [1.807, 2.05) is 60.7 Å². The zero-order valence-corrected chi connectivity index (χ0v) is 17.2. The molecule has 0 saturated carbocycles. The first kappa shape index (κ1) is 19.8. The SMILES string of the molecule is CC(C)CNC(=O)C1=NCCC(Nc2nc(-c3ccccc3)nc3ccccc23)=C1.